The van der Waals surface area contributed by atoms with Crippen LogP contribution in [0.5, 0.6) is 5.75 Å². The average Bonchev–Trinajstić information content (AvgIpc) is 2.98. The Balaban J connectivity index is 1.80. The predicted octanol–water partition coefficient (Wildman–Crippen LogP) is 2.86. The molecule has 1 atom stereocenters. The fraction of sp³-hybridized carbons (Fsp3) is 0.412. The van der Waals surface area contributed by atoms with Gasteiger partial charge in [-0.15, -0.1) is 0 Å². The molecular weight excluding hydrogens is 297 g/mol. The molecule has 1 aliphatic rings. The van der Waals surface area contributed by atoms with E-state index in [1.54, 1.807) is 12.3 Å². The van der Waals surface area contributed by atoms with Crippen molar-refractivity contribution in [1.82, 2.24) is 15.1 Å². The first-order valence-corrected chi connectivity index (χ1v) is 7.79. The monoisotopic (exact) mass is 317 g/mol. The summed E-state index contributed by atoms with van der Waals surface area (Å²) in [5, 5.41) is 7.19. The van der Waals surface area contributed by atoms with Crippen LogP contribution in [-0.2, 0) is 13.0 Å². The average molecular weight is 317 g/mol. The Morgan fingerprint density at radius 2 is 2.26 bits per heavy atom. The molecule has 1 aromatic heterocycles. The van der Waals surface area contributed by atoms with Gasteiger partial charge in [-0.25, -0.2) is 4.39 Å². The largest absolute Gasteiger partial charge is 0.496 e. The Morgan fingerprint density at radius 1 is 1.43 bits per heavy atom. The topological polar surface area (TPSA) is 56.1 Å². The molecule has 3 rings (SSSR count). The van der Waals surface area contributed by atoms with Gasteiger partial charge in [0.15, 0.2) is 0 Å². The Bertz CT molecular complexity index is 727. The minimum absolute atomic E-state index is 0.188. The molecular formula is C17H20FN3O2. The highest BCUT2D eigenvalue weighted by atomic mass is 19.1. The molecule has 1 amide bonds. The lowest BCUT2D eigenvalue weighted by molar-refractivity contribution is 0.0938. The maximum Gasteiger partial charge on any atom is 0.255 e. The van der Waals surface area contributed by atoms with E-state index in [1.165, 1.54) is 19.2 Å². The fourth-order valence-corrected chi connectivity index (χ4v) is 3.01. The summed E-state index contributed by atoms with van der Waals surface area (Å²) in [7, 11) is 1.53. The second-order valence-electron chi connectivity index (χ2n) is 5.77. The van der Waals surface area contributed by atoms with Crippen molar-refractivity contribution >= 4 is 5.91 Å². The number of fused-ring (bicyclic) bond motifs is 1. The number of carbonyl (C=O) groups excluding carboxylic acids is 1. The van der Waals surface area contributed by atoms with Gasteiger partial charge in [0.05, 0.1) is 30.6 Å². The molecule has 2 aromatic rings. The molecule has 1 aromatic carbocycles. The molecule has 0 saturated carbocycles. The number of nitrogens with zero attached hydrogens (tertiary/aromatic N) is 2. The summed E-state index contributed by atoms with van der Waals surface area (Å²) < 4.78 is 20.6. The first-order valence-electron chi connectivity index (χ1n) is 7.79. The Hall–Kier alpha value is -2.37. The Morgan fingerprint density at radius 3 is 3.04 bits per heavy atom. The van der Waals surface area contributed by atoms with E-state index in [0.717, 1.165) is 31.5 Å². The molecule has 0 aliphatic carbocycles. The lowest BCUT2D eigenvalue weighted by Crippen LogP contribution is -2.28. The maximum atomic E-state index is 13.5. The van der Waals surface area contributed by atoms with E-state index < -0.39 is 0 Å². The van der Waals surface area contributed by atoms with Gasteiger partial charge in [0, 0.05) is 12.1 Å². The van der Waals surface area contributed by atoms with E-state index in [9.17, 15) is 9.18 Å². The second kappa shape index (κ2) is 6.40. The highest BCUT2D eigenvalue weighted by Crippen LogP contribution is 2.26. The van der Waals surface area contributed by atoms with Gasteiger partial charge in [-0.05, 0) is 44.4 Å². The van der Waals surface area contributed by atoms with Crippen LogP contribution >= 0.6 is 0 Å². The highest BCUT2D eigenvalue weighted by molar-refractivity contribution is 5.95. The van der Waals surface area contributed by atoms with E-state index in [4.69, 9.17) is 4.74 Å². The van der Waals surface area contributed by atoms with Crippen LogP contribution in [0.2, 0.25) is 0 Å². The number of methoxy groups -OCH3 is 1. The zero-order chi connectivity index (χ0) is 16.4. The van der Waals surface area contributed by atoms with Crippen LogP contribution in [-0.4, -0.2) is 22.8 Å². The van der Waals surface area contributed by atoms with E-state index in [2.05, 4.69) is 10.4 Å². The number of amides is 1. The summed E-state index contributed by atoms with van der Waals surface area (Å²) >= 11 is 0. The number of nitrogens with one attached hydrogen (secondary N) is 1. The summed E-state index contributed by atoms with van der Waals surface area (Å²) in [4.78, 5) is 12.5. The van der Waals surface area contributed by atoms with Crippen molar-refractivity contribution in [2.75, 3.05) is 7.11 Å². The number of hydrogen-bond acceptors (Lipinski definition) is 3. The number of ether oxygens (including phenoxy) is 1. The van der Waals surface area contributed by atoms with Gasteiger partial charge in [-0.2, -0.15) is 5.10 Å². The highest BCUT2D eigenvalue weighted by Gasteiger charge is 2.22. The van der Waals surface area contributed by atoms with Crippen LogP contribution < -0.4 is 10.1 Å². The summed E-state index contributed by atoms with van der Waals surface area (Å²) in [5.41, 5.74) is 2.20. The lowest BCUT2D eigenvalue weighted by atomic mass is 10.0. The molecule has 1 unspecified atom stereocenters. The van der Waals surface area contributed by atoms with Crippen LogP contribution in [0.3, 0.4) is 0 Å². The minimum atomic E-state index is -0.368. The van der Waals surface area contributed by atoms with Crippen molar-refractivity contribution in [1.29, 1.82) is 0 Å². The third-order valence-corrected chi connectivity index (χ3v) is 4.23. The fourth-order valence-electron chi connectivity index (χ4n) is 3.01. The second-order valence-corrected chi connectivity index (χ2v) is 5.77. The van der Waals surface area contributed by atoms with Crippen molar-refractivity contribution in [3.63, 3.8) is 0 Å². The van der Waals surface area contributed by atoms with Gasteiger partial charge in [-0.1, -0.05) is 0 Å². The molecule has 2 heterocycles. The summed E-state index contributed by atoms with van der Waals surface area (Å²) in [6.45, 7) is 2.67. The molecule has 122 valence electrons. The molecule has 5 nitrogen and oxygen atoms in total. The molecule has 0 radical (unpaired) electrons. The first kappa shape index (κ1) is 15.5. The predicted molar refractivity (Wildman–Crippen MR) is 84.0 cm³/mol. The molecule has 0 bridgehead atoms. The third-order valence-electron chi connectivity index (χ3n) is 4.23. The standard InChI is InChI=1S/C17H20FN3O2/c1-11(13-9-12(18)6-7-16(13)23-2)20-17(22)14-10-19-21-8-4-3-5-15(14)21/h6-7,9-11H,3-5,8H2,1-2H3,(H,20,22). The van der Waals surface area contributed by atoms with E-state index in [-0.39, 0.29) is 17.8 Å². The molecule has 1 aliphatic heterocycles. The van der Waals surface area contributed by atoms with Crippen molar-refractivity contribution < 1.29 is 13.9 Å². The zero-order valence-electron chi connectivity index (χ0n) is 13.3. The van der Waals surface area contributed by atoms with Gasteiger partial charge >= 0.3 is 0 Å². The van der Waals surface area contributed by atoms with E-state index in [0.29, 0.717) is 16.9 Å². The van der Waals surface area contributed by atoms with Gasteiger partial charge in [0.1, 0.15) is 11.6 Å². The summed E-state index contributed by atoms with van der Waals surface area (Å²) in [5.74, 6) is 0.00742. The van der Waals surface area contributed by atoms with Gasteiger partial charge in [0.2, 0.25) is 0 Å². The lowest BCUT2D eigenvalue weighted by Gasteiger charge is -2.18. The molecule has 6 heteroatoms. The number of hydrogen-bond donors (Lipinski definition) is 1. The number of halogens is 1. The molecule has 0 spiro atoms. The van der Waals surface area contributed by atoms with Crippen molar-refractivity contribution in [2.24, 2.45) is 0 Å². The Kier molecular flexibility index (Phi) is 4.32. The maximum absolute atomic E-state index is 13.5. The number of rotatable bonds is 4. The van der Waals surface area contributed by atoms with Crippen molar-refractivity contribution in [3.05, 3.63) is 47.0 Å². The third kappa shape index (κ3) is 3.06. The van der Waals surface area contributed by atoms with Crippen LogP contribution in [0, 0.1) is 5.82 Å². The molecule has 0 fully saturated rings. The minimum Gasteiger partial charge on any atom is -0.496 e. The summed E-state index contributed by atoms with van der Waals surface area (Å²) in [6.07, 6.45) is 4.64. The zero-order valence-corrected chi connectivity index (χ0v) is 13.3. The molecule has 1 N–H and O–H groups in total. The number of benzene rings is 1. The smallest absolute Gasteiger partial charge is 0.255 e. The van der Waals surface area contributed by atoms with Crippen LogP contribution in [0.1, 0.15) is 47.4 Å². The molecule has 0 saturated heterocycles. The van der Waals surface area contributed by atoms with Gasteiger partial charge in [0.25, 0.3) is 5.91 Å². The van der Waals surface area contributed by atoms with Crippen LogP contribution in [0.15, 0.2) is 24.4 Å². The molecule has 23 heavy (non-hydrogen) atoms. The quantitative estimate of drug-likeness (QED) is 0.943. The Labute approximate surface area is 134 Å². The van der Waals surface area contributed by atoms with Crippen LogP contribution in [0.25, 0.3) is 0 Å². The number of aryl methyl sites for hydroxylation is 1. The first-order chi connectivity index (χ1) is 11.1. The summed E-state index contributed by atoms with van der Waals surface area (Å²) in [6, 6.07) is 3.92. The van der Waals surface area contributed by atoms with E-state index >= 15 is 0 Å². The van der Waals surface area contributed by atoms with Crippen molar-refractivity contribution in [2.45, 2.75) is 38.8 Å². The number of aromatic nitrogens is 2. The van der Waals surface area contributed by atoms with Crippen LogP contribution in [0.4, 0.5) is 4.39 Å². The SMILES string of the molecule is COc1ccc(F)cc1C(C)NC(=O)c1cnn2c1CCCC2. The van der Waals surface area contributed by atoms with Gasteiger partial charge in [-0.3, -0.25) is 9.48 Å². The van der Waals surface area contributed by atoms with Crippen molar-refractivity contribution in [3.8, 4) is 5.75 Å². The van der Waals surface area contributed by atoms with Gasteiger partial charge < -0.3 is 10.1 Å². The van der Waals surface area contributed by atoms with E-state index in [1.807, 2.05) is 11.6 Å². The normalized spacial score (nSPS) is 14.9. The number of carbonyl (C=O) groups is 1.